The van der Waals surface area contributed by atoms with Gasteiger partial charge in [0.15, 0.2) is 0 Å². The zero-order valence-corrected chi connectivity index (χ0v) is 15.6. The Morgan fingerprint density at radius 1 is 1.11 bits per heavy atom. The van der Waals surface area contributed by atoms with Crippen LogP contribution in [-0.4, -0.2) is 11.8 Å². The minimum atomic E-state index is -4.54. The Hall–Kier alpha value is -2.22. The maximum Gasteiger partial charge on any atom is 0.416 e. The molecule has 1 aromatic rings. The molecule has 5 nitrogen and oxygen atoms in total. The summed E-state index contributed by atoms with van der Waals surface area (Å²) in [6.45, 7) is 2.00. The monoisotopic (exact) mass is 403 g/mol. The van der Waals surface area contributed by atoms with Crippen molar-refractivity contribution in [3.63, 3.8) is 0 Å². The Morgan fingerprint density at radius 3 is 2.44 bits per heavy atom. The number of amides is 2. The van der Waals surface area contributed by atoms with Crippen molar-refractivity contribution in [2.45, 2.75) is 51.6 Å². The quantitative estimate of drug-likeness (QED) is 0.610. The average Bonchev–Trinajstić information content (AvgIpc) is 2.60. The summed E-state index contributed by atoms with van der Waals surface area (Å²) in [6.07, 6.45) is -0.806. The van der Waals surface area contributed by atoms with E-state index >= 15 is 0 Å². The number of carbonyl (C=O) groups is 2. The predicted molar refractivity (Wildman–Crippen MR) is 96.8 cm³/mol. The van der Waals surface area contributed by atoms with Gasteiger partial charge in [-0.3, -0.25) is 15.0 Å². The van der Waals surface area contributed by atoms with Crippen LogP contribution in [-0.2, 0) is 15.8 Å². The van der Waals surface area contributed by atoms with Gasteiger partial charge in [-0.1, -0.05) is 17.2 Å². The highest BCUT2D eigenvalue weighted by molar-refractivity contribution is 6.33. The normalized spacial score (nSPS) is 14.7. The molecule has 0 bridgehead atoms. The molecule has 9 heteroatoms. The lowest BCUT2D eigenvalue weighted by molar-refractivity contribution is -0.137. The van der Waals surface area contributed by atoms with Gasteiger partial charge in [0.25, 0.3) is 0 Å². The van der Waals surface area contributed by atoms with Crippen LogP contribution in [0.1, 0.15) is 51.0 Å². The summed E-state index contributed by atoms with van der Waals surface area (Å²) in [5.74, 6) is -0.981. The Bertz CT molecular complexity index is 748. The second-order valence-corrected chi connectivity index (χ2v) is 6.79. The van der Waals surface area contributed by atoms with Crippen LogP contribution >= 0.6 is 11.6 Å². The second kappa shape index (κ2) is 9.12. The van der Waals surface area contributed by atoms with Crippen molar-refractivity contribution < 1.29 is 22.8 Å². The number of nitrogens with one attached hydrogen (secondary N) is 3. The molecule has 1 aliphatic carbocycles. The first kappa shape index (κ1) is 21.1. The van der Waals surface area contributed by atoms with Gasteiger partial charge in [-0.15, -0.1) is 0 Å². The van der Waals surface area contributed by atoms with Crippen LogP contribution in [0.15, 0.2) is 29.5 Å². The van der Waals surface area contributed by atoms with Crippen molar-refractivity contribution in [3.8, 4) is 0 Å². The molecular weight excluding hydrogens is 383 g/mol. The third kappa shape index (κ3) is 6.46. The molecule has 0 radical (unpaired) electrons. The first-order valence-electron chi connectivity index (χ1n) is 8.57. The molecular formula is C18H21ClF3N3O2. The minimum Gasteiger partial charge on any atom is -0.325 e. The molecule has 3 N–H and O–H groups in total. The highest BCUT2D eigenvalue weighted by Gasteiger charge is 2.31. The average molecular weight is 404 g/mol. The molecule has 0 saturated heterocycles. The van der Waals surface area contributed by atoms with Crippen molar-refractivity contribution in [1.29, 1.82) is 0 Å². The third-order valence-electron chi connectivity index (χ3n) is 4.24. The van der Waals surface area contributed by atoms with Gasteiger partial charge >= 0.3 is 6.18 Å². The van der Waals surface area contributed by atoms with Gasteiger partial charge in [0.2, 0.25) is 11.8 Å². The van der Waals surface area contributed by atoms with Crippen molar-refractivity contribution >= 4 is 29.1 Å². The van der Waals surface area contributed by atoms with E-state index in [-0.39, 0.29) is 29.5 Å². The van der Waals surface area contributed by atoms with Gasteiger partial charge < -0.3 is 10.7 Å². The maximum absolute atomic E-state index is 12.7. The van der Waals surface area contributed by atoms with E-state index in [0.29, 0.717) is 0 Å². The molecule has 2 amide bonds. The lowest BCUT2D eigenvalue weighted by Crippen LogP contribution is -2.38. The summed E-state index contributed by atoms with van der Waals surface area (Å²) < 4.78 is 38.2. The predicted octanol–water partition coefficient (Wildman–Crippen LogP) is 4.55. The second-order valence-electron chi connectivity index (χ2n) is 6.38. The topological polar surface area (TPSA) is 70.2 Å². The molecule has 0 unspecified atom stereocenters. The van der Waals surface area contributed by atoms with Gasteiger partial charge in [0, 0.05) is 18.5 Å². The number of carbonyl (C=O) groups excluding carboxylic acids is 2. The smallest absolute Gasteiger partial charge is 0.325 e. The van der Waals surface area contributed by atoms with Crippen molar-refractivity contribution in [2.24, 2.45) is 0 Å². The van der Waals surface area contributed by atoms with E-state index in [1.54, 1.807) is 0 Å². The van der Waals surface area contributed by atoms with Gasteiger partial charge in [-0.2, -0.15) is 13.2 Å². The highest BCUT2D eigenvalue weighted by atomic mass is 35.5. The Labute approximate surface area is 160 Å². The van der Waals surface area contributed by atoms with E-state index in [0.717, 1.165) is 49.6 Å². The van der Waals surface area contributed by atoms with Crippen LogP contribution in [0.25, 0.3) is 0 Å². The van der Waals surface area contributed by atoms with Crippen LogP contribution in [0.4, 0.5) is 18.9 Å². The minimum absolute atomic E-state index is 0.0119. The van der Waals surface area contributed by atoms with Crippen molar-refractivity contribution in [1.82, 2.24) is 10.9 Å². The van der Waals surface area contributed by atoms with Crippen LogP contribution in [0.2, 0.25) is 5.02 Å². The largest absolute Gasteiger partial charge is 0.416 e. The number of anilines is 1. The van der Waals surface area contributed by atoms with Crippen LogP contribution in [0.5, 0.6) is 0 Å². The third-order valence-corrected chi connectivity index (χ3v) is 4.57. The standard InChI is InChI=1S/C18H21ClF3N3O2/c1-11-4-2-3-5-14(11)24-25-17(27)9-8-16(26)23-15-10-12(18(20,21)22)6-7-13(15)19/h6-7,10,24H,2-5,8-9H2,1H3,(H,23,26)(H,25,27). The number of hydrogen-bond donors (Lipinski definition) is 3. The fourth-order valence-corrected chi connectivity index (χ4v) is 2.84. The first-order chi connectivity index (χ1) is 12.7. The van der Waals surface area contributed by atoms with Crippen molar-refractivity contribution in [2.75, 3.05) is 5.32 Å². The number of benzene rings is 1. The molecule has 0 saturated carbocycles. The Kier molecular flexibility index (Phi) is 7.12. The molecule has 0 fully saturated rings. The fourth-order valence-electron chi connectivity index (χ4n) is 2.67. The van der Waals surface area contributed by atoms with E-state index in [2.05, 4.69) is 16.2 Å². The van der Waals surface area contributed by atoms with Gasteiger partial charge in [-0.05, 0) is 50.8 Å². The van der Waals surface area contributed by atoms with E-state index < -0.39 is 17.6 Å². The van der Waals surface area contributed by atoms with E-state index in [1.165, 1.54) is 5.57 Å². The molecule has 2 rings (SSSR count). The van der Waals surface area contributed by atoms with Crippen LogP contribution in [0.3, 0.4) is 0 Å². The summed E-state index contributed by atoms with van der Waals surface area (Å²) in [7, 11) is 0. The molecule has 1 aromatic carbocycles. The number of rotatable bonds is 6. The van der Waals surface area contributed by atoms with Crippen molar-refractivity contribution in [3.05, 3.63) is 40.1 Å². The fraction of sp³-hybridized carbons (Fsp3) is 0.444. The van der Waals surface area contributed by atoms with Gasteiger partial charge in [0.05, 0.1) is 16.3 Å². The Balaban J connectivity index is 1.83. The molecule has 0 spiro atoms. The molecule has 148 valence electrons. The maximum atomic E-state index is 12.7. The summed E-state index contributed by atoms with van der Waals surface area (Å²) in [5.41, 5.74) is 6.54. The summed E-state index contributed by atoms with van der Waals surface area (Å²) >= 11 is 5.83. The number of halogens is 4. The molecule has 1 aliphatic rings. The summed E-state index contributed by atoms with van der Waals surface area (Å²) in [5, 5.41) is 2.30. The van der Waals surface area contributed by atoms with E-state index in [4.69, 9.17) is 11.6 Å². The highest BCUT2D eigenvalue weighted by Crippen LogP contribution is 2.33. The molecule has 27 heavy (non-hydrogen) atoms. The SMILES string of the molecule is CC1=C(NNC(=O)CCC(=O)Nc2cc(C(F)(F)F)ccc2Cl)CCCC1. The number of hydrogen-bond acceptors (Lipinski definition) is 3. The number of alkyl halides is 3. The lowest BCUT2D eigenvalue weighted by atomic mass is 9.98. The van der Waals surface area contributed by atoms with E-state index in [1.807, 2.05) is 6.92 Å². The summed E-state index contributed by atoms with van der Waals surface area (Å²) in [6, 6.07) is 2.66. The number of allylic oxidation sites excluding steroid dienone is 2. The Morgan fingerprint density at radius 2 is 1.78 bits per heavy atom. The van der Waals surface area contributed by atoms with Gasteiger partial charge in [-0.25, -0.2) is 0 Å². The molecule has 0 aromatic heterocycles. The first-order valence-corrected chi connectivity index (χ1v) is 8.94. The summed E-state index contributed by atoms with van der Waals surface area (Å²) in [4.78, 5) is 23.8. The zero-order valence-electron chi connectivity index (χ0n) is 14.8. The van der Waals surface area contributed by atoms with Crippen LogP contribution in [0, 0.1) is 0 Å². The van der Waals surface area contributed by atoms with Gasteiger partial charge in [0.1, 0.15) is 0 Å². The van der Waals surface area contributed by atoms with E-state index in [9.17, 15) is 22.8 Å². The van der Waals surface area contributed by atoms with Crippen LogP contribution < -0.4 is 16.2 Å². The zero-order chi connectivity index (χ0) is 20.0. The molecule has 0 aliphatic heterocycles. The number of hydrazine groups is 1. The molecule has 0 heterocycles. The molecule has 0 atom stereocenters. The lowest BCUT2D eigenvalue weighted by Gasteiger charge is -2.19.